The molecule has 0 N–H and O–H groups in total. The molecule has 0 aliphatic heterocycles. The molecule has 1 saturated carbocycles. The van der Waals surface area contributed by atoms with E-state index in [4.69, 9.17) is 0 Å². The highest BCUT2D eigenvalue weighted by atomic mass is 15.1. The van der Waals surface area contributed by atoms with E-state index >= 15 is 0 Å². The van der Waals surface area contributed by atoms with E-state index in [1.165, 1.54) is 13.0 Å². The molecule has 1 rings (SSSR count). The van der Waals surface area contributed by atoms with Gasteiger partial charge < -0.3 is 4.90 Å². The Balaban J connectivity index is 0.000000371. The molecule has 2 atom stereocenters. The standard InChI is InChI=1S/C7H15N.C2H6/c1-6-4-7(6)5-8(2)3;1-2/h6-7H,4-5H2,1-3H3;1-2H3. The molecule has 1 heteroatoms. The smallest absolute Gasteiger partial charge is 0.000621 e. The lowest BCUT2D eigenvalue weighted by Gasteiger charge is -2.06. The number of hydrogen-bond acceptors (Lipinski definition) is 1. The molecule has 0 amide bonds. The van der Waals surface area contributed by atoms with Gasteiger partial charge in [-0.3, -0.25) is 0 Å². The fraction of sp³-hybridized carbons (Fsp3) is 1.00. The fourth-order valence-corrected chi connectivity index (χ4v) is 1.12. The second-order valence-corrected chi connectivity index (χ2v) is 3.24. The van der Waals surface area contributed by atoms with Crippen molar-refractivity contribution in [3.63, 3.8) is 0 Å². The van der Waals surface area contributed by atoms with Gasteiger partial charge in [0.1, 0.15) is 0 Å². The average molecular weight is 143 g/mol. The summed E-state index contributed by atoms with van der Waals surface area (Å²) in [4.78, 5) is 2.27. The summed E-state index contributed by atoms with van der Waals surface area (Å²) in [6, 6.07) is 0. The Hall–Kier alpha value is -0.0400. The van der Waals surface area contributed by atoms with E-state index in [1.54, 1.807) is 0 Å². The molecule has 1 aliphatic carbocycles. The Kier molecular flexibility index (Phi) is 4.71. The highest BCUT2D eigenvalue weighted by molar-refractivity contribution is 4.83. The van der Waals surface area contributed by atoms with Crippen molar-refractivity contribution < 1.29 is 0 Å². The molecule has 0 radical (unpaired) electrons. The average Bonchev–Trinajstić information content (AvgIpc) is 2.51. The second-order valence-electron chi connectivity index (χ2n) is 3.24. The Morgan fingerprint density at radius 1 is 1.30 bits per heavy atom. The van der Waals surface area contributed by atoms with Crippen LogP contribution in [0, 0.1) is 11.8 Å². The van der Waals surface area contributed by atoms with Crippen molar-refractivity contribution in [1.82, 2.24) is 4.90 Å². The first kappa shape index (κ1) is 9.96. The van der Waals surface area contributed by atoms with Gasteiger partial charge in [0, 0.05) is 6.54 Å². The molecule has 1 fully saturated rings. The molecular weight excluding hydrogens is 122 g/mol. The Morgan fingerprint density at radius 3 is 1.80 bits per heavy atom. The molecule has 0 aromatic carbocycles. The van der Waals surface area contributed by atoms with Crippen LogP contribution in [0.1, 0.15) is 27.2 Å². The third-order valence-corrected chi connectivity index (χ3v) is 1.88. The van der Waals surface area contributed by atoms with Crippen molar-refractivity contribution in [2.75, 3.05) is 20.6 Å². The Morgan fingerprint density at radius 2 is 1.70 bits per heavy atom. The van der Waals surface area contributed by atoms with Crippen LogP contribution in [0.2, 0.25) is 0 Å². The van der Waals surface area contributed by atoms with Crippen LogP contribution in [0.3, 0.4) is 0 Å². The van der Waals surface area contributed by atoms with E-state index < -0.39 is 0 Å². The van der Waals surface area contributed by atoms with Gasteiger partial charge in [0.05, 0.1) is 0 Å². The maximum Gasteiger partial charge on any atom is 0.000621 e. The normalized spacial score (nSPS) is 29.4. The van der Waals surface area contributed by atoms with Gasteiger partial charge in [0.15, 0.2) is 0 Å². The number of hydrogen-bond donors (Lipinski definition) is 0. The zero-order chi connectivity index (χ0) is 8.15. The van der Waals surface area contributed by atoms with E-state index in [-0.39, 0.29) is 0 Å². The topological polar surface area (TPSA) is 3.24 Å². The summed E-state index contributed by atoms with van der Waals surface area (Å²) in [7, 11) is 4.29. The lowest BCUT2D eigenvalue weighted by Crippen LogP contribution is -2.14. The molecule has 1 aliphatic rings. The molecule has 0 aromatic heterocycles. The molecule has 10 heavy (non-hydrogen) atoms. The predicted octanol–water partition coefficient (Wildman–Crippen LogP) is 2.23. The van der Waals surface area contributed by atoms with Gasteiger partial charge in [0.2, 0.25) is 0 Å². The van der Waals surface area contributed by atoms with Crippen molar-refractivity contribution in [3.05, 3.63) is 0 Å². The summed E-state index contributed by atoms with van der Waals surface area (Å²) in [6.45, 7) is 7.62. The SMILES string of the molecule is CC.CC1CC1CN(C)C. The quantitative estimate of drug-likeness (QED) is 0.573. The lowest BCUT2D eigenvalue weighted by molar-refractivity contribution is 0.381. The molecule has 0 heterocycles. The minimum absolute atomic E-state index is 1.01. The molecule has 1 nitrogen and oxygen atoms in total. The zero-order valence-electron chi connectivity index (χ0n) is 8.02. The largest absolute Gasteiger partial charge is 0.309 e. The monoisotopic (exact) mass is 143 g/mol. The summed E-state index contributed by atoms with van der Waals surface area (Å²) in [5.74, 6) is 2.03. The van der Waals surface area contributed by atoms with Gasteiger partial charge in [-0.15, -0.1) is 0 Å². The Labute approximate surface area is 65.4 Å². The van der Waals surface area contributed by atoms with Crippen molar-refractivity contribution in [2.45, 2.75) is 27.2 Å². The van der Waals surface area contributed by atoms with E-state index in [2.05, 4.69) is 25.9 Å². The van der Waals surface area contributed by atoms with E-state index in [9.17, 15) is 0 Å². The van der Waals surface area contributed by atoms with E-state index in [1.807, 2.05) is 13.8 Å². The first-order valence-corrected chi connectivity index (χ1v) is 4.35. The van der Waals surface area contributed by atoms with Crippen molar-refractivity contribution in [3.8, 4) is 0 Å². The van der Waals surface area contributed by atoms with Crippen molar-refractivity contribution in [1.29, 1.82) is 0 Å². The minimum atomic E-state index is 1.01. The third kappa shape index (κ3) is 3.89. The molecular formula is C9H21N. The van der Waals surface area contributed by atoms with Crippen LogP contribution in [0.5, 0.6) is 0 Å². The van der Waals surface area contributed by atoms with Gasteiger partial charge in [-0.05, 0) is 32.4 Å². The zero-order valence-corrected chi connectivity index (χ0v) is 8.02. The molecule has 0 bridgehead atoms. The number of rotatable bonds is 2. The van der Waals surface area contributed by atoms with Crippen molar-refractivity contribution in [2.24, 2.45) is 11.8 Å². The van der Waals surface area contributed by atoms with Crippen LogP contribution in [-0.2, 0) is 0 Å². The maximum atomic E-state index is 2.33. The van der Waals surface area contributed by atoms with Crippen LogP contribution in [0.15, 0.2) is 0 Å². The van der Waals surface area contributed by atoms with Crippen LogP contribution in [0.25, 0.3) is 0 Å². The van der Waals surface area contributed by atoms with Gasteiger partial charge in [-0.2, -0.15) is 0 Å². The summed E-state index contributed by atoms with van der Waals surface area (Å²) < 4.78 is 0. The summed E-state index contributed by atoms with van der Waals surface area (Å²) in [5, 5.41) is 0. The van der Waals surface area contributed by atoms with E-state index in [0.29, 0.717) is 0 Å². The van der Waals surface area contributed by atoms with Crippen LogP contribution >= 0.6 is 0 Å². The minimum Gasteiger partial charge on any atom is -0.309 e. The maximum absolute atomic E-state index is 2.33. The Bertz CT molecular complexity index is 78.8. The van der Waals surface area contributed by atoms with Crippen LogP contribution in [0.4, 0.5) is 0 Å². The summed E-state index contributed by atoms with van der Waals surface area (Å²) in [6.07, 6.45) is 1.46. The molecule has 0 saturated heterocycles. The molecule has 62 valence electrons. The fourth-order valence-electron chi connectivity index (χ4n) is 1.12. The third-order valence-electron chi connectivity index (χ3n) is 1.88. The van der Waals surface area contributed by atoms with Crippen LogP contribution < -0.4 is 0 Å². The number of nitrogens with zero attached hydrogens (tertiary/aromatic N) is 1. The summed E-state index contributed by atoms with van der Waals surface area (Å²) >= 11 is 0. The highest BCUT2D eigenvalue weighted by Crippen LogP contribution is 2.37. The van der Waals surface area contributed by atoms with Crippen molar-refractivity contribution >= 4 is 0 Å². The highest BCUT2D eigenvalue weighted by Gasteiger charge is 2.32. The first-order chi connectivity index (χ1) is 4.70. The second kappa shape index (κ2) is 4.73. The van der Waals surface area contributed by atoms with Gasteiger partial charge >= 0.3 is 0 Å². The first-order valence-electron chi connectivity index (χ1n) is 4.35. The lowest BCUT2D eigenvalue weighted by atomic mass is 10.3. The molecule has 0 aromatic rings. The predicted molar refractivity (Wildman–Crippen MR) is 47.2 cm³/mol. The molecule has 2 unspecified atom stereocenters. The van der Waals surface area contributed by atoms with Gasteiger partial charge in [-0.25, -0.2) is 0 Å². The summed E-state index contributed by atoms with van der Waals surface area (Å²) in [5.41, 5.74) is 0. The van der Waals surface area contributed by atoms with Crippen LogP contribution in [-0.4, -0.2) is 25.5 Å². The molecule has 0 spiro atoms. The van der Waals surface area contributed by atoms with Gasteiger partial charge in [-0.1, -0.05) is 20.8 Å². The van der Waals surface area contributed by atoms with E-state index in [0.717, 1.165) is 11.8 Å². The van der Waals surface area contributed by atoms with Gasteiger partial charge in [0.25, 0.3) is 0 Å².